The van der Waals surface area contributed by atoms with E-state index in [0.717, 1.165) is 43.9 Å². The van der Waals surface area contributed by atoms with Gasteiger partial charge in [-0.1, -0.05) is 13.3 Å². The lowest BCUT2D eigenvalue weighted by Crippen LogP contribution is -2.49. The first-order valence-corrected chi connectivity index (χ1v) is 9.45. The Kier molecular flexibility index (Phi) is 6.46. The van der Waals surface area contributed by atoms with Crippen molar-refractivity contribution in [1.82, 2.24) is 14.9 Å². The number of unbranched alkanes of at least 4 members (excludes halogenated alkanes) is 1. The summed E-state index contributed by atoms with van der Waals surface area (Å²) in [5, 5.41) is 3.21. The average molecular weight is 369 g/mol. The molecule has 27 heavy (non-hydrogen) atoms. The van der Waals surface area contributed by atoms with Crippen LogP contribution in [-0.2, 0) is 0 Å². The molecule has 1 N–H and O–H groups in total. The molecular formula is C20H27N5O2. The quantitative estimate of drug-likeness (QED) is 0.757. The number of hydrogen-bond acceptors (Lipinski definition) is 6. The van der Waals surface area contributed by atoms with Crippen molar-refractivity contribution in [2.45, 2.75) is 19.8 Å². The number of rotatable bonds is 7. The highest BCUT2D eigenvalue weighted by Crippen LogP contribution is 2.21. The first-order valence-electron chi connectivity index (χ1n) is 9.45. The predicted molar refractivity (Wildman–Crippen MR) is 107 cm³/mol. The van der Waals surface area contributed by atoms with Crippen LogP contribution in [0.1, 0.15) is 30.3 Å². The van der Waals surface area contributed by atoms with Crippen molar-refractivity contribution >= 4 is 17.4 Å². The molecule has 3 rings (SSSR count). The zero-order chi connectivity index (χ0) is 19.1. The maximum atomic E-state index is 12.7. The molecule has 0 saturated carbocycles. The molecule has 0 spiro atoms. The second-order valence-electron chi connectivity index (χ2n) is 6.54. The van der Waals surface area contributed by atoms with Crippen molar-refractivity contribution in [2.75, 3.05) is 50.1 Å². The van der Waals surface area contributed by atoms with Crippen molar-refractivity contribution in [3.63, 3.8) is 0 Å². The molecule has 0 atom stereocenters. The van der Waals surface area contributed by atoms with Gasteiger partial charge in [-0.05, 0) is 30.7 Å². The van der Waals surface area contributed by atoms with Crippen LogP contribution in [0.2, 0.25) is 0 Å². The van der Waals surface area contributed by atoms with Crippen LogP contribution in [0.3, 0.4) is 0 Å². The number of nitrogens with zero attached hydrogens (tertiary/aromatic N) is 4. The van der Waals surface area contributed by atoms with E-state index < -0.39 is 0 Å². The van der Waals surface area contributed by atoms with E-state index in [2.05, 4.69) is 27.1 Å². The van der Waals surface area contributed by atoms with Crippen molar-refractivity contribution in [3.05, 3.63) is 42.4 Å². The lowest BCUT2D eigenvalue weighted by atomic mass is 10.2. The molecular weight excluding hydrogens is 342 g/mol. The van der Waals surface area contributed by atoms with E-state index in [1.165, 1.54) is 0 Å². The Labute approximate surface area is 160 Å². The molecule has 1 saturated heterocycles. The van der Waals surface area contributed by atoms with E-state index >= 15 is 0 Å². The highest BCUT2D eigenvalue weighted by atomic mass is 16.5. The fraction of sp³-hybridized carbons (Fsp3) is 0.450. The highest BCUT2D eigenvalue weighted by Gasteiger charge is 2.23. The molecule has 1 amide bonds. The Morgan fingerprint density at radius 3 is 2.44 bits per heavy atom. The molecule has 2 heterocycles. The number of nitrogens with one attached hydrogen (secondary N) is 1. The Bertz CT molecular complexity index is 725. The summed E-state index contributed by atoms with van der Waals surface area (Å²) in [6.07, 6.45) is 5.41. The van der Waals surface area contributed by atoms with Gasteiger partial charge in [-0.2, -0.15) is 0 Å². The van der Waals surface area contributed by atoms with Gasteiger partial charge in [0.2, 0.25) is 0 Å². The van der Waals surface area contributed by atoms with Crippen molar-refractivity contribution in [1.29, 1.82) is 0 Å². The first-order chi connectivity index (χ1) is 13.2. The molecule has 0 bridgehead atoms. The van der Waals surface area contributed by atoms with Crippen LogP contribution in [0.4, 0.5) is 11.5 Å². The zero-order valence-corrected chi connectivity index (χ0v) is 16.0. The van der Waals surface area contributed by atoms with Crippen LogP contribution in [0.5, 0.6) is 5.75 Å². The van der Waals surface area contributed by atoms with Gasteiger partial charge in [-0.3, -0.25) is 4.79 Å². The SMILES string of the molecule is CCCCNc1cnc(C(=O)N2CCN(c3ccc(OC)cc3)CC2)cn1. The number of ether oxygens (including phenoxy) is 1. The molecule has 7 nitrogen and oxygen atoms in total. The van der Waals surface area contributed by atoms with Gasteiger partial charge in [-0.25, -0.2) is 9.97 Å². The molecule has 1 aromatic heterocycles. The summed E-state index contributed by atoms with van der Waals surface area (Å²) in [5.41, 5.74) is 1.54. The van der Waals surface area contributed by atoms with E-state index in [0.29, 0.717) is 24.6 Å². The van der Waals surface area contributed by atoms with Crippen LogP contribution in [0.15, 0.2) is 36.7 Å². The third-order valence-electron chi connectivity index (χ3n) is 4.71. The first kappa shape index (κ1) is 18.9. The number of hydrogen-bond donors (Lipinski definition) is 1. The maximum Gasteiger partial charge on any atom is 0.274 e. The Morgan fingerprint density at radius 1 is 1.11 bits per heavy atom. The van der Waals surface area contributed by atoms with Crippen LogP contribution in [0.25, 0.3) is 0 Å². The number of amides is 1. The minimum Gasteiger partial charge on any atom is -0.497 e. The van der Waals surface area contributed by atoms with Gasteiger partial charge < -0.3 is 19.9 Å². The molecule has 1 aliphatic heterocycles. The molecule has 7 heteroatoms. The van der Waals surface area contributed by atoms with Crippen molar-refractivity contribution in [3.8, 4) is 5.75 Å². The number of carbonyl (C=O) groups is 1. The van der Waals surface area contributed by atoms with Gasteiger partial charge in [-0.15, -0.1) is 0 Å². The Balaban J connectivity index is 1.53. The standard InChI is InChI=1S/C20H27N5O2/c1-3-4-9-21-19-15-22-18(14-23-19)20(26)25-12-10-24(11-13-25)16-5-7-17(27-2)8-6-16/h5-8,14-15H,3-4,9-13H2,1-2H3,(H,21,23). The normalized spacial score (nSPS) is 14.1. The summed E-state index contributed by atoms with van der Waals surface area (Å²) < 4.78 is 5.20. The third kappa shape index (κ3) is 4.87. The zero-order valence-electron chi connectivity index (χ0n) is 16.0. The number of piperazine rings is 1. The van der Waals surface area contributed by atoms with Gasteiger partial charge in [0.15, 0.2) is 0 Å². The topological polar surface area (TPSA) is 70.6 Å². The molecule has 144 valence electrons. The minimum absolute atomic E-state index is 0.0583. The van der Waals surface area contributed by atoms with Gasteiger partial charge in [0.1, 0.15) is 17.3 Å². The van der Waals surface area contributed by atoms with Crippen LogP contribution in [0, 0.1) is 0 Å². The fourth-order valence-corrected chi connectivity index (χ4v) is 3.05. The van der Waals surface area contributed by atoms with Gasteiger partial charge in [0, 0.05) is 38.4 Å². The number of aromatic nitrogens is 2. The smallest absolute Gasteiger partial charge is 0.274 e. The second kappa shape index (κ2) is 9.21. The maximum absolute atomic E-state index is 12.7. The number of carbonyl (C=O) groups excluding carboxylic acids is 1. The number of anilines is 2. The number of benzene rings is 1. The van der Waals surface area contributed by atoms with Crippen LogP contribution < -0.4 is 15.0 Å². The molecule has 1 aromatic carbocycles. The van der Waals surface area contributed by atoms with Crippen molar-refractivity contribution < 1.29 is 9.53 Å². The largest absolute Gasteiger partial charge is 0.497 e. The average Bonchev–Trinajstić information content (AvgIpc) is 2.74. The molecule has 0 aliphatic carbocycles. The van der Waals surface area contributed by atoms with E-state index in [1.54, 1.807) is 19.5 Å². The molecule has 0 radical (unpaired) electrons. The van der Waals surface area contributed by atoms with Crippen LogP contribution in [-0.4, -0.2) is 60.6 Å². The lowest BCUT2D eigenvalue weighted by molar-refractivity contribution is 0.0740. The predicted octanol–water partition coefficient (Wildman–Crippen LogP) is 2.66. The summed E-state index contributed by atoms with van der Waals surface area (Å²) in [5.74, 6) is 1.50. The third-order valence-corrected chi connectivity index (χ3v) is 4.71. The lowest BCUT2D eigenvalue weighted by Gasteiger charge is -2.36. The monoisotopic (exact) mass is 369 g/mol. The van der Waals surface area contributed by atoms with E-state index in [-0.39, 0.29) is 5.91 Å². The molecule has 0 unspecified atom stereocenters. The summed E-state index contributed by atoms with van der Waals surface area (Å²) in [6.45, 7) is 5.94. The summed E-state index contributed by atoms with van der Waals surface area (Å²) in [6, 6.07) is 8.01. The molecule has 1 fully saturated rings. The van der Waals surface area contributed by atoms with Gasteiger partial charge >= 0.3 is 0 Å². The minimum atomic E-state index is -0.0583. The van der Waals surface area contributed by atoms with E-state index in [1.807, 2.05) is 29.2 Å². The molecule has 2 aromatic rings. The Hall–Kier alpha value is -2.83. The summed E-state index contributed by atoms with van der Waals surface area (Å²) >= 11 is 0. The second-order valence-corrected chi connectivity index (χ2v) is 6.54. The van der Waals surface area contributed by atoms with E-state index in [9.17, 15) is 4.79 Å². The highest BCUT2D eigenvalue weighted by molar-refractivity contribution is 5.92. The molecule has 1 aliphatic rings. The van der Waals surface area contributed by atoms with E-state index in [4.69, 9.17) is 4.74 Å². The van der Waals surface area contributed by atoms with Gasteiger partial charge in [0.05, 0.1) is 19.5 Å². The Morgan fingerprint density at radius 2 is 1.85 bits per heavy atom. The summed E-state index contributed by atoms with van der Waals surface area (Å²) in [4.78, 5) is 25.4. The van der Waals surface area contributed by atoms with Crippen molar-refractivity contribution in [2.24, 2.45) is 0 Å². The summed E-state index contributed by atoms with van der Waals surface area (Å²) in [7, 11) is 1.66. The van der Waals surface area contributed by atoms with Gasteiger partial charge in [0.25, 0.3) is 5.91 Å². The number of methoxy groups -OCH3 is 1. The van der Waals surface area contributed by atoms with Crippen LogP contribution >= 0.6 is 0 Å². The fourth-order valence-electron chi connectivity index (χ4n) is 3.05.